The van der Waals surface area contributed by atoms with Gasteiger partial charge in [-0.3, -0.25) is 14.9 Å². The van der Waals surface area contributed by atoms with Crippen molar-refractivity contribution in [2.45, 2.75) is 32.7 Å². The van der Waals surface area contributed by atoms with Crippen molar-refractivity contribution in [3.63, 3.8) is 0 Å². The van der Waals surface area contributed by atoms with E-state index in [-0.39, 0.29) is 22.9 Å². The maximum Gasteiger partial charge on any atom is 0.273 e. The molecular formula is C30H26N2O5. The first kappa shape index (κ1) is 23.0. The second kappa shape index (κ2) is 8.34. The fourth-order valence-corrected chi connectivity index (χ4v) is 5.71. The number of rotatable bonds is 4. The Labute approximate surface area is 213 Å². The topological polar surface area (TPSA) is 94.6 Å². The Hall–Kier alpha value is -4.39. The Morgan fingerprint density at radius 3 is 2.65 bits per heavy atom. The molecule has 1 N–H and O–H groups in total. The van der Waals surface area contributed by atoms with Gasteiger partial charge in [-0.25, -0.2) is 0 Å². The molecule has 37 heavy (non-hydrogen) atoms. The second-order valence-electron chi connectivity index (χ2n) is 10.5. The largest absolute Gasteiger partial charge is 0.496 e. The summed E-state index contributed by atoms with van der Waals surface area (Å²) in [5.41, 5.74) is 4.09. The van der Waals surface area contributed by atoms with Crippen molar-refractivity contribution in [3.05, 3.63) is 93.7 Å². The Kier molecular flexibility index (Phi) is 5.19. The highest BCUT2D eigenvalue weighted by molar-refractivity contribution is 6.28. The zero-order valence-electron chi connectivity index (χ0n) is 20.8. The van der Waals surface area contributed by atoms with Crippen molar-refractivity contribution in [2.75, 3.05) is 12.4 Å². The van der Waals surface area contributed by atoms with Gasteiger partial charge in [-0.05, 0) is 52.4 Å². The van der Waals surface area contributed by atoms with Gasteiger partial charge in [-0.2, -0.15) is 0 Å². The van der Waals surface area contributed by atoms with Crippen LogP contribution in [-0.2, 0) is 4.79 Å². The summed E-state index contributed by atoms with van der Waals surface area (Å²) in [5.74, 6) is 1.72. The quantitative estimate of drug-likeness (QED) is 0.236. The van der Waals surface area contributed by atoms with Crippen LogP contribution in [0.1, 0.15) is 44.1 Å². The summed E-state index contributed by atoms with van der Waals surface area (Å²) < 4.78 is 11.8. The smallest absolute Gasteiger partial charge is 0.273 e. The molecule has 7 nitrogen and oxygen atoms in total. The van der Waals surface area contributed by atoms with E-state index < -0.39 is 4.92 Å². The number of fused-ring (bicyclic) bond motifs is 4. The molecule has 4 aromatic rings. The Morgan fingerprint density at radius 1 is 1.05 bits per heavy atom. The SMILES string of the molecule is COc1cc([N+](=O)[O-])ccc1-c1ccc(C2Nc3ccc4ccccc4c3C3=C2CC(C)(C)CC3=O)o1. The summed E-state index contributed by atoms with van der Waals surface area (Å²) in [6, 6.07) is 20.1. The number of ketones is 1. The molecule has 3 aromatic carbocycles. The number of Topliss-reactive ketones (excluding diaryl/α,β-unsaturated/α-hetero) is 1. The van der Waals surface area contributed by atoms with Crippen LogP contribution < -0.4 is 10.1 Å². The Morgan fingerprint density at radius 2 is 1.86 bits per heavy atom. The number of nitrogens with zero attached hydrogens (tertiary/aromatic N) is 1. The summed E-state index contributed by atoms with van der Waals surface area (Å²) in [7, 11) is 1.48. The van der Waals surface area contributed by atoms with Gasteiger partial charge < -0.3 is 14.5 Å². The molecule has 0 saturated carbocycles. The predicted octanol–water partition coefficient (Wildman–Crippen LogP) is 7.33. The molecule has 0 amide bonds. The zero-order chi connectivity index (χ0) is 25.9. The Balaban J connectivity index is 1.49. The van der Waals surface area contributed by atoms with Crippen molar-refractivity contribution < 1.29 is 18.9 Å². The van der Waals surface area contributed by atoms with Gasteiger partial charge in [0, 0.05) is 29.3 Å². The van der Waals surface area contributed by atoms with Gasteiger partial charge in [0.1, 0.15) is 23.3 Å². The minimum atomic E-state index is -0.456. The van der Waals surface area contributed by atoms with Crippen LogP contribution in [0.2, 0.25) is 0 Å². The van der Waals surface area contributed by atoms with Gasteiger partial charge in [0.15, 0.2) is 5.78 Å². The highest BCUT2D eigenvalue weighted by Gasteiger charge is 2.41. The number of allylic oxidation sites excluding steroid dienone is 1. The van der Waals surface area contributed by atoms with Crippen molar-refractivity contribution in [2.24, 2.45) is 5.41 Å². The average Bonchev–Trinajstić information content (AvgIpc) is 3.36. The number of anilines is 1. The van der Waals surface area contributed by atoms with Crippen LogP contribution in [0.15, 0.2) is 76.7 Å². The standard InChI is InChI=1S/C30H26N2O5/c1-30(2)15-21-28(23(33)16-30)27-19-7-5-4-6-17(19)8-11-22(27)31-29(21)25-13-12-24(37-25)20-10-9-18(32(34)35)14-26(20)36-3/h4-14,29,31H,15-16H2,1-3H3. The molecule has 0 spiro atoms. The lowest BCUT2D eigenvalue weighted by molar-refractivity contribution is -0.384. The third-order valence-electron chi connectivity index (χ3n) is 7.31. The van der Waals surface area contributed by atoms with Gasteiger partial charge in [0.25, 0.3) is 5.69 Å². The zero-order valence-corrected chi connectivity index (χ0v) is 20.8. The maximum absolute atomic E-state index is 13.6. The van der Waals surface area contributed by atoms with Gasteiger partial charge >= 0.3 is 0 Å². The van der Waals surface area contributed by atoms with E-state index in [0.717, 1.165) is 39.6 Å². The fraction of sp³-hybridized carbons (Fsp3) is 0.233. The van der Waals surface area contributed by atoms with E-state index in [9.17, 15) is 14.9 Å². The molecule has 1 aliphatic carbocycles. The summed E-state index contributed by atoms with van der Waals surface area (Å²) in [6.07, 6.45) is 1.25. The third kappa shape index (κ3) is 3.78. The maximum atomic E-state index is 13.6. The van der Waals surface area contributed by atoms with Gasteiger partial charge in [0.2, 0.25) is 0 Å². The molecule has 6 rings (SSSR count). The first-order valence-electron chi connectivity index (χ1n) is 12.2. The molecule has 1 aromatic heterocycles. The number of nitrogens with one attached hydrogen (secondary N) is 1. The minimum absolute atomic E-state index is 0.0529. The van der Waals surface area contributed by atoms with E-state index >= 15 is 0 Å². The van der Waals surface area contributed by atoms with E-state index in [2.05, 4.69) is 37.4 Å². The molecular weight excluding hydrogens is 468 g/mol. The van der Waals surface area contributed by atoms with E-state index in [1.165, 1.54) is 19.2 Å². The van der Waals surface area contributed by atoms with Crippen LogP contribution in [-0.4, -0.2) is 17.8 Å². The van der Waals surface area contributed by atoms with Crippen LogP contribution >= 0.6 is 0 Å². The average molecular weight is 495 g/mol. The molecule has 7 heteroatoms. The second-order valence-corrected chi connectivity index (χ2v) is 10.5. The van der Waals surface area contributed by atoms with Crippen LogP contribution in [0.25, 0.3) is 27.7 Å². The molecule has 2 heterocycles. The van der Waals surface area contributed by atoms with Crippen molar-refractivity contribution in [1.82, 2.24) is 0 Å². The van der Waals surface area contributed by atoms with Gasteiger partial charge in [0.05, 0.1) is 23.7 Å². The summed E-state index contributed by atoms with van der Waals surface area (Å²) >= 11 is 0. The number of carbonyl (C=O) groups is 1. The number of benzene rings is 3. The number of non-ortho nitro benzene ring substituents is 1. The highest BCUT2D eigenvalue weighted by atomic mass is 16.6. The predicted molar refractivity (Wildman–Crippen MR) is 143 cm³/mol. The third-order valence-corrected chi connectivity index (χ3v) is 7.31. The van der Waals surface area contributed by atoms with Gasteiger partial charge in [-0.1, -0.05) is 44.2 Å². The van der Waals surface area contributed by atoms with Crippen LogP contribution in [0.4, 0.5) is 11.4 Å². The fourth-order valence-electron chi connectivity index (χ4n) is 5.71. The first-order valence-corrected chi connectivity index (χ1v) is 12.2. The van der Waals surface area contributed by atoms with Crippen LogP contribution in [0.5, 0.6) is 5.75 Å². The van der Waals surface area contributed by atoms with Crippen LogP contribution in [0.3, 0.4) is 0 Å². The summed E-state index contributed by atoms with van der Waals surface area (Å²) in [5, 5.41) is 17.0. The monoisotopic (exact) mass is 494 g/mol. The molecule has 1 aliphatic heterocycles. The highest BCUT2D eigenvalue weighted by Crippen LogP contribution is 2.52. The van der Waals surface area contributed by atoms with E-state index in [1.54, 1.807) is 6.07 Å². The summed E-state index contributed by atoms with van der Waals surface area (Å²) in [6.45, 7) is 4.25. The molecule has 0 fully saturated rings. The molecule has 2 aliphatic rings. The number of hydrogen-bond acceptors (Lipinski definition) is 6. The molecule has 186 valence electrons. The molecule has 1 unspecified atom stereocenters. The van der Waals surface area contributed by atoms with E-state index in [1.807, 2.05) is 30.3 Å². The number of furan rings is 1. The number of methoxy groups -OCH3 is 1. The van der Waals surface area contributed by atoms with Crippen molar-refractivity contribution in [1.29, 1.82) is 0 Å². The minimum Gasteiger partial charge on any atom is -0.496 e. The van der Waals surface area contributed by atoms with Crippen molar-refractivity contribution in [3.8, 4) is 17.1 Å². The van der Waals surface area contributed by atoms with Crippen LogP contribution in [0, 0.1) is 15.5 Å². The van der Waals surface area contributed by atoms with E-state index in [0.29, 0.717) is 29.3 Å². The molecule has 1 atom stereocenters. The van der Waals surface area contributed by atoms with Gasteiger partial charge in [-0.15, -0.1) is 0 Å². The number of hydrogen-bond donors (Lipinski definition) is 1. The summed E-state index contributed by atoms with van der Waals surface area (Å²) in [4.78, 5) is 24.4. The van der Waals surface area contributed by atoms with Crippen molar-refractivity contribution >= 4 is 33.5 Å². The number of nitro groups is 1. The molecule has 0 bridgehead atoms. The first-order chi connectivity index (χ1) is 17.8. The number of ether oxygens (including phenoxy) is 1. The molecule has 0 saturated heterocycles. The molecule has 0 radical (unpaired) electrons. The van der Waals surface area contributed by atoms with E-state index in [4.69, 9.17) is 9.15 Å². The lowest BCUT2D eigenvalue weighted by atomic mass is 9.68. The lowest BCUT2D eigenvalue weighted by Gasteiger charge is -2.39. The Bertz CT molecular complexity index is 1630. The number of nitro benzene ring substituents is 1. The lowest BCUT2D eigenvalue weighted by Crippen LogP contribution is -2.32. The number of carbonyl (C=O) groups excluding carboxylic acids is 1. The normalized spacial score (nSPS) is 18.2.